The minimum atomic E-state index is -0.599. The van der Waals surface area contributed by atoms with Gasteiger partial charge in [0.2, 0.25) is 11.6 Å². The lowest BCUT2D eigenvalue weighted by Gasteiger charge is -2.11. The number of hydrazone groups is 1. The van der Waals surface area contributed by atoms with Crippen LogP contribution in [0.15, 0.2) is 52.2 Å². The van der Waals surface area contributed by atoms with Crippen LogP contribution in [-0.2, 0) is 6.61 Å². The highest BCUT2D eigenvalue weighted by molar-refractivity contribution is 5.94. The van der Waals surface area contributed by atoms with Crippen LogP contribution in [0.4, 0.5) is 10.2 Å². The van der Waals surface area contributed by atoms with Gasteiger partial charge < -0.3 is 15.2 Å². The number of hydrogen-bond donors (Lipinski definition) is 2. The van der Waals surface area contributed by atoms with E-state index in [-0.39, 0.29) is 29.8 Å². The van der Waals surface area contributed by atoms with Crippen molar-refractivity contribution in [1.82, 2.24) is 30.7 Å². The minimum absolute atomic E-state index is 0.0328. The SMILES string of the molecule is COc1cc(C=NNC(=O)c2c(C)nnn2-c2nonc2N)ccc1OCc1ccccc1F. The number of nitrogens with one attached hydrogen (secondary N) is 1. The van der Waals surface area contributed by atoms with Gasteiger partial charge in [-0.3, -0.25) is 4.79 Å². The summed E-state index contributed by atoms with van der Waals surface area (Å²) in [5.41, 5.74) is 9.49. The molecule has 0 aliphatic carbocycles. The van der Waals surface area contributed by atoms with E-state index in [1.54, 1.807) is 43.3 Å². The van der Waals surface area contributed by atoms with E-state index >= 15 is 0 Å². The van der Waals surface area contributed by atoms with E-state index < -0.39 is 5.91 Å². The van der Waals surface area contributed by atoms with Crippen molar-refractivity contribution in [1.29, 1.82) is 0 Å². The van der Waals surface area contributed by atoms with Crippen molar-refractivity contribution in [2.24, 2.45) is 5.10 Å². The van der Waals surface area contributed by atoms with Gasteiger partial charge in [-0.25, -0.2) is 14.4 Å². The zero-order valence-corrected chi connectivity index (χ0v) is 18.1. The van der Waals surface area contributed by atoms with Crippen molar-refractivity contribution in [3.8, 4) is 17.3 Å². The molecule has 2 aromatic carbocycles. The van der Waals surface area contributed by atoms with Gasteiger partial charge in [0.15, 0.2) is 17.2 Å². The average Bonchev–Trinajstić information content (AvgIpc) is 3.43. The number of aromatic nitrogens is 5. The van der Waals surface area contributed by atoms with Crippen LogP contribution in [0, 0.1) is 12.7 Å². The molecule has 0 radical (unpaired) electrons. The van der Waals surface area contributed by atoms with Crippen molar-refractivity contribution < 1.29 is 23.3 Å². The third-order valence-electron chi connectivity index (χ3n) is 4.66. The van der Waals surface area contributed by atoms with Crippen LogP contribution in [0.2, 0.25) is 0 Å². The number of methoxy groups -OCH3 is 1. The van der Waals surface area contributed by atoms with Crippen LogP contribution >= 0.6 is 0 Å². The highest BCUT2D eigenvalue weighted by Crippen LogP contribution is 2.28. The smallest absolute Gasteiger partial charge is 0.292 e. The predicted molar refractivity (Wildman–Crippen MR) is 117 cm³/mol. The first-order valence-corrected chi connectivity index (χ1v) is 9.86. The van der Waals surface area contributed by atoms with Gasteiger partial charge in [0.1, 0.15) is 12.4 Å². The lowest BCUT2D eigenvalue weighted by Crippen LogP contribution is -2.22. The summed E-state index contributed by atoms with van der Waals surface area (Å²) in [6.07, 6.45) is 1.41. The maximum absolute atomic E-state index is 13.8. The molecule has 3 N–H and O–H groups in total. The van der Waals surface area contributed by atoms with E-state index in [2.05, 4.69) is 35.8 Å². The number of nitrogens with two attached hydrogens (primary N) is 1. The lowest BCUT2D eigenvalue weighted by atomic mass is 10.2. The predicted octanol–water partition coefficient (Wildman–Crippen LogP) is 2.03. The lowest BCUT2D eigenvalue weighted by molar-refractivity contribution is 0.0946. The van der Waals surface area contributed by atoms with Gasteiger partial charge in [-0.2, -0.15) is 9.78 Å². The maximum atomic E-state index is 13.8. The molecule has 4 aromatic rings. The van der Waals surface area contributed by atoms with Gasteiger partial charge in [0.05, 0.1) is 19.0 Å². The summed E-state index contributed by atoms with van der Waals surface area (Å²) < 4.78 is 30.5. The van der Waals surface area contributed by atoms with Crippen molar-refractivity contribution >= 4 is 17.9 Å². The Balaban J connectivity index is 1.44. The third kappa shape index (κ3) is 4.67. The topological polar surface area (TPSA) is 156 Å². The van der Waals surface area contributed by atoms with E-state index in [4.69, 9.17) is 15.2 Å². The number of benzene rings is 2. The Morgan fingerprint density at radius 1 is 1.26 bits per heavy atom. The van der Waals surface area contributed by atoms with Gasteiger partial charge in [0, 0.05) is 5.56 Å². The van der Waals surface area contributed by atoms with E-state index in [0.717, 1.165) is 4.68 Å². The molecular weight excluding hydrogens is 447 g/mol. The first-order valence-electron chi connectivity index (χ1n) is 9.86. The molecule has 0 spiro atoms. The van der Waals surface area contributed by atoms with E-state index in [1.165, 1.54) is 19.4 Å². The summed E-state index contributed by atoms with van der Waals surface area (Å²) in [6, 6.07) is 11.4. The summed E-state index contributed by atoms with van der Waals surface area (Å²) in [4.78, 5) is 12.6. The molecule has 12 nitrogen and oxygen atoms in total. The summed E-state index contributed by atoms with van der Waals surface area (Å²) in [5, 5.41) is 18.7. The summed E-state index contributed by atoms with van der Waals surface area (Å²) in [6.45, 7) is 1.63. The standard InChI is InChI=1S/C21H19FN8O4/c1-12-18(30(29-25-12)20-19(23)27-34-28-20)21(31)26-24-10-13-7-8-16(17(9-13)32-2)33-11-14-5-3-4-6-15(14)22/h3-10H,11H2,1-2H3,(H2,23,27)(H,26,31). The van der Waals surface area contributed by atoms with Crippen molar-refractivity contribution in [3.05, 3.63) is 70.8 Å². The second-order valence-electron chi connectivity index (χ2n) is 6.90. The number of amides is 1. The highest BCUT2D eigenvalue weighted by atomic mass is 19.1. The fourth-order valence-corrected chi connectivity index (χ4v) is 2.98. The minimum Gasteiger partial charge on any atom is -0.493 e. The number of carbonyl (C=O) groups is 1. The summed E-state index contributed by atoms with van der Waals surface area (Å²) in [5.74, 6) is -0.124. The highest BCUT2D eigenvalue weighted by Gasteiger charge is 2.22. The summed E-state index contributed by atoms with van der Waals surface area (Å²) in [7, 11) is 1.48. The number of nitrogen functional groups attached to an aromatic ring is 1. The second kappa shape index (κ2) is 9.77. The van der Waals surface area contributed by atoms with Crippen LogP contribution in [0.3, 0.4) is 0 Å². The molecule has 4 rings (SSSR count). The Hall–Kier alpha value is -4.81. The molecule has 2 aromatic heterocycles. The largest absolute Gasteiger partial charge is 0.493 e. The van der Waals surface area contributed by atoms with Crippen LogP contribution in [-0.4, -0.2) is 44.5 Å². The Labute approximate surface area is 192 Å². The number of rotatable bonds is 8. The molecule has 0 fully saturated rings. The molecular formula is C21H19FN8O4. The van der Waals surface area contributed by atoms with Crippen LogP contribution in [0.25, 0.3) is 5.82 Å². The number of halogens is 1. The van der Waals surface area contributed by atoms with Crippen LogP contribution < -0.4 is 20.6 Å². The quantitative estimate of drug-likeness (QED) is 0.293. The first kappa shape index (κ1) is 22.4. The van der Waals surface area contributed by atoms with E-state index in [1.807, 2.05) is 0 Å². The van der Waals surface area contributed by atoms with Gasteiger partial charge in [-0.1, -0.05) is 23.4 Å². The zero-order valence-electron chi connectivity index (χ0n) is 18.1. The van der Waals surface area contributed by atoms with Crippen LogP contribution in [0.5, 0.6) is 11.5 Å². The van der Waals surface area contributed by atoms with Gasteiger partial charge in [-0.05, 0) is 47.1 Å². The van der Waals surface area contributed by atoms with Gasteiger partial charge in [0.25, 0.3) is 5.91 Å². The van der Waals surface area contributed by atoms with E-state index in [0.29, 0.717) is 28.3 Å². The molecule has 2 heterocycles. The normalized spacial score (nSPS) is 11.0. The first-order chi connectivity index (χ1) is 16.5. The molecule has 0 atom stereocenters. The Bertz CT molecular complexity index is 1350. The molecule has 0 saturated heterocycles. The molecule has 0 unspecified atom stereocenters. The monoisotopic (exact) mass is 466 g/mol. The molecule has 13 heteroatoms. The molecule has 34 heavy (non-hydrogen) atoms. The molecule has 0 aliphatic heterocycles. The second-order valence-corrected chi connectivity index (χ2v) is 6.90. The molecule has 0 aliphatic rings. The molecule has 1 amide bonds. The summed E-state index contributed by atoms with van der Waals surface area (Å²) >= 11 is 0. The van der Waals surface area contributed by atoms with E-state index in [9.17, 15) is 9.18 Å². The van der Waals surface area contributed by atoms with Crippen molar-refractivity contribution in [2.45, 2.75) is 13.5 Å². The Morgan fingerprint density at radius 3 is 2.82 bits per heavy atom. The van der Waals surface area contributed by atoms with Gasteiger partial charge in [-0.15, -0.1) is 5.10 Å². The molecule has 0 bridgehead atoms. The van der Waals surface area contributed by atoms with Gasteiger partial charge >= 0.3 is 0 Å². The molecule has 174 valence electrons. The number of carbonyl (C=O) groups excluding carboxylic acids is 1. The fourth-order valence-electron chi connectivity index (χ4n) is 2.98. The van der Waals surface area contributed by atoms with Crippen molar-refractivity contribution in [3.63, 3.8) is 0 Å². The average molecular weight is 466 g/mol. The number of ether oxygens (including phenoxy) is 2. The third-order valence-corrected chi connectivity index (χ3v) is 4.66. The maximum Gasteiger partial charge on any atom is 0.292 e. The fraction of sp³-hybridized carbons (Fsp3) is 0.143. The number of hydrogen-bond acceptors (Lipinski definition) is 10. The number of nitrogens with zero attached hydrogens (tertiary/aromatic N) is 6. The van der Waals surface area contributed by atoms with Crippen molar-refractivity contribution in [2.75, 3.05) is 12.8 Å². The number of aryl methyl sites for hydroxylation is 1. The number of anilines is 1. The Morgan fingerprint density at radius 2 is 2.09 bits per heavy atom. The zero-order chi connectivity index (χ0) is 24.1. The Kier molecular flexibility index (Phi) is 6.43. The molecule has 0 saturated carbocycles. The van der Waals surface area contributed by atoms with Crippen LogP contribution in [0.1, 0.15) is 27.3 Å².